The highest BCUT2D eigenvalue weighted by molar-refractivity contribution is 5.19. The van der Waals surface area contributed by atoms with Crippen LogP contribution in [-0.2, 0) is 12.8 Å². The van der Waals surface area contributed by atoms with Crippen molar-refractivity contribution in [3.63, 3.8) is 0 Å². The molecule has 0 saturated heterocycles. The maximum absolute atomic E-state index is 11.0. The molecule has 4 nitrogen and oxygen atoms in total. The Morgan fingerprint density at radius 3 is 1.17 bits per heavy atom. The van der Waals surface area contributed by atoms with E-state index >= 15 is 0 Å². The van der Waals surface area contributed by atoms with Gasteiger partial charge in [-0.25, -0.2) is 0 Å². The van der Waals surface area contributed by atoms with Crippen LogP contribution >= 0.6 is 0 Å². The summed E-state index contributed by atoms with van der Waals surface area (Å²) in [6.45, 7) is 0. The zero-order valence-electron chi connectivity index (χ0n) is 16.8. The normalized spacial score (nSPS) is 37.5. The Labute approximate surface area is 172 Å². The number of rotatable bonds is 4. The molecule has 4 heteroatoms. The largest absolute Gasteiger partial charge is 0.392 e. The smallest absolute Gasteiger partial charge is 0.0739 e. The molecule has 4 unspecified atom stereocenters. The van der Waals surface area contributed by atoms with Gasteiger partial charge in [0.15, 0.2) is 0 Å². The Kier molecular flexibility index (Phi) is 6.07. The second-order valence-electron chi connectivity index (χ2n) is 9.12. The van der Waals surface area contributed by atoms with Crippen molar-refractivity contribution in [2.24, 2.45) is 17.3 Å². The van der Waals surface area contributed by atoms with E-state index in [1.165, 1.54) is 11.1 Å². The molecule has 0 bridgehead atoms. The fraction of sp³-hybridized carbons (Fsp3) is 0.520. The summed E-state index contributed by atoms with van der Waals surface area (Å²) in [6.07, 6.45) is -0.128. The number of hydrogen-bond donors (Lipinski definition) is 4. The van der Waals surface area contributed by atoms with E-state index < -0.39 is 29.8 Å². The van der Waals surface area contributed by atoms with E-state index in [1.807, 2.05) is 36.4 Å². The van der Waals surface area contributed by atoms with Crippen LogP contribution in [0.1, 0.15) is 36.8 Å². The van der Waals surface area contributed by atoms with E-state index in [1.54, 1.807) is 0 Å². The average molecular weight is 397 g/mol. The minimum atomic E-state index is -1.24. The average Bonchev–Trinajstić information content (AvgIpc) is 2.69. The van der Waals surface area contributed by atoms with Crippen molar-refractivity contribution in [1.29, 1.82) is 0 Å². The van der Waals surface area contributed by atoms with Crippen LogP contribution < -0.4 is 0 Å². The van der Waals surface area contributed by atoms with Crippen molar-refractivity contribution in [3.8, 4) is 0 Å². The Hall–Kier alpha value is -1.72. The molecule has 4 atom stereocenters. The highest BCUT2D eigenvalue weighted by atomic mass is 16.3. The van der Waals surface area contributed by atoms with E-state index in [4.69, 9.17) is 0 Å². The molecule has 2 aliphatic carbocycles. The van der Waals surface area contributed by atoms with Gasteiger partial charge in [0.1, 0.15) is 0 Å². The van der Waals surface area contributed by atoms with Crippen molar-refractivity contribution < 1.29 is 20.4 Å². The molecule has 2 aromatic carbocycles. The molecule has 4 rings (SSSR count). The molecular formula is C25H32O4. The van der Waals surface area contributed by atoms with Crippen molar-refractivity contribution in [2.45, 2.75) is 62.9 Å². The molecule has 0 aromatic heterocycles. The SMILES string of the molecule is OC1CC(Cc2ccccc2)CC(O)C12C(O)CC(Cc1ccccc1)CC2O. The molecular weight excluding hydrogens is 364 g/mol. The highest BCUT2D eigenvalue weighted by Crippen LogP contribution is 2.51. The fourth-order valence-corrected chi connectivity index (χ4v) is 5.83. The third-order valence-corrected chi connectivity index (χ3v) is 7.27. The van der Waals surface area contributed by atoms with E-state index in [2.05, 4.69) is 24.3 Å². The van der Waals surface area contributed by atoms with E-state index in [9.17, 15) is 20.4 Å². The van der Waals surface area contributed by atoms with Gasteiger partial charge < -0.3 is 20.4 Å². The van der Waals surface area contributed by atoms with Crippen molar-refractivity contribution in [2.75, 3.05) is 0 Å². The monoisotopic (exact) mass is 396 g/mol. The summed E-state index contributed by atoms with van der Waals surface area (Å²) in [5.41, 5.74) is 1.13. The maximum atomic E-state index is 11.0. The molecule has 29 heavy (non-hydrogen) atoms. The quantitative estimate of drug-likeness (QED) is 0.641. The second kappa shape index (κ2) is 8.57. The molecule has 1 spiro atoms. The minimum absolute atomic E-state index is 0.134. The van der Waals surface area contributed by atoms with E-state index in [0.717, 1.165) is 12.8 Å². The Bertz CT molecular complexity index is 683. The van der Waals surface area contributed by atoms with Crippen LogP contribution in [-0.4, -0.2) is 44.8 Å². The first-order valence-corrected chi connectivity index (χ1v) is 10.8. The lowest BCUT2D eigenvalue weighted by atomic mass is 9.54. The van der Waals surface area contributed by atoms with Gasteiger partial charge in [-0.15, -0.1) is 0 Å². The van der Waals surface area contributed by atoms with Crippen LogP contribution in [0, 0.1) is 17.3 Å². The van der Waals surface area contributed by atoms with E-state index in [0.29, 0.717) is 25.7 Å². The number of aliphatic hydroxyl groups excluding tert-OH is 4. The molecule has 156 valence electrons. The summed E-state index contributed by atoms with van der Waals surface area (Å²) in [7, 11) is 0. The van der Waals surface area contributed by atoms with Crippen LogP contribution in [0.3, 0.4) is 0 Å². The summed E-state index contributed by atoms with van der Waals surface area (Å²) in [4.78, 5) is 0. The van der Waals surface area contributed by atoms with Gasteiger partial charge in [0, 0.05) is 0 Å². The number of benzene rings is 2. The fourth-order valence-electron chi connectivity index (χ4n) is 5.83. The number of aliphatic hydroxyl groups is 4. The Balaban J connectivity index is 1.46. The van der Waals surface area contributed by atoms with Crippen molar-refractivity contribution in [1.82, 2.24) is 0 Å². The summed E-state index contributed by atoms with van der Waals surface area (Å²) in [5, 5.41) is 44.2. The van der Waals surface area contributed by atoms with Gasteiger partial charge in [-0.2, -0.15) is 0 Å². The second-order valence-corrected chi connectivity index (χ2v) is 9.12. The van der Waals surface area contributed by atoms with Crippen LogP contribution in [0.2, 0.25) is 0 Å². The molecule has 0 amide bonds. The molecule has 4 N–H and O–H groups in total. The van der Waals surface area contributed by atoms with Crippen LogP contribution in [0.25, 0.3) is 0 Å². The molecule has 2 fully saturated rings. The van der Waals surface area contributed by atoms with Gasteiger partial charge in [0.05, 0.1) is 29.8 Å². The highest BCUT2D eigenvalue weighted by Gasteiger charge is 2.60. The van der Waals surface area contributed by atoms with Crippen LogP contribution in [0.5, 0.6) is 0 Å². The molecule has 0 radical (unpaired) electrons. The third kappa shape index (κ3) is 3.99. The maximum Gasteiger partial charge on any atom is 0.0739 e. The van der Waals surface area contributed by atoms with Gasteiger partial charge in [-0.05, 0) is 61.5 Å². The van der Waals surface area contributed by atoms with Crippen LogP contribution in [0.15, 0.2) is 60.7 Å². The van der Waals surface area contributed by atoms with Crippen molar-refractivity contribution in [3.05, 3.63) is 71.8 Å². The summed E-state index contributed by atoms with van der Waals surface area (Å²) in [6, 6.07) is 20.2. The predicted octanol–water partition coefficient (Wildman–Crippen LogP) is 2.72. The molecule has 2 aromatic rings. The third-order valence-electron chi connectivity index (χ3n) is 7.27. The van der Waals surface area contributed by atoms with Gasteiger partial charge in [0.2, 0.25) is 0 Å². The topological polar surface area (TPSA) is 80.9 Å². The lowest BCUT2D eigenvalue weighted by Gasteiger charge is -2.56. The van der Waals surface area contributed by atoms with Crippen molar-refractivity contribution >= 4 is 0 Å². The summed E-state index contributed by atoms with van der Waals surface area (Å²) in [5.74, 6) is 0.268. The standard InChI is InChI=1S/C25H32O4/c26-21-13-19(11-17-7-3-1-4-8-17)14-22(27)25(21)23(28)15-20(16-24(25)29)12-18-9-5-2-6-10-18/h1-10,19-24,26-29H,11-16H2. The zero-order valence-corrected chi connectivity index (χ0v) is 16.8. The lowest BCUT2D eigenvalue weighted by molar-refractivity contribution is -0.239. The Morgan fingerprint density at radius 2 is 0.862 bits per heavy atom. The molecule has 2 saturated carbocycles. The van der Waals surface area contributed by atoms with Gasteiger partial charge in [-0.1, -0.05) is 60.7 Å². The minimum Gasteiger partial charge on any atom is -0.392 e. The predicted molar refractivity (Wildman–Crippen MR) is 112 cm³/mol. The molecule has 0 aliphatic heterocycles. The van der Waals surface area contributed by atoms with Gasteiger partial charge in [-0.3, -0.25) is 0 Å². The molecule has 0 heterocycles. The van der Waals surface area contributed by atoms with Gasteiger partial charge in [0.25, 0.3) is 0 Å². The van der Waals surface area contributed by atoms with Gasteiger partial charge >= 0.3 is 0 Å². The summed E-state index contributed by atoms with van der Waals surface area (Å²) < 4.78 is 0. The first-order valence-electron chi connectivity index (χ1n) is 10.8. The molecule has 2 aliphatic rings. The van der Waals surface area contributed by atoms with E-state index in [-0.39, 0.29) is 11.8 Å². The first-order chi connectivity index (χ1) is 14.0. The Morgan fingerprint density at radius 1 is 0.552 bits per heavy atom. The number of hydrogen-bond acceptors (Lipinski definition) is 4. The zero-order chi connectivity index (χ0) is 20.4. The summed E-state index contributed by atoms with van der Waals surface area (Å²) >= 11 is 0. The van der Waals surface area contributed by atoms with Crippen LogP contribution in [0.4, 0.5) is 0 Å². The first kappa shape index (κ1) is 20.5. The lowest BCUT2D eigenvalue weighted by Crippen LogP contribution is -2.66.